The first-order valence-electron chi connectivity index (χ1n) is 5.43. The van der Waals surface area contributed by atoms with Gasteiger partial charge >= 0.3 is 0 Å². The molecular formula is C13H13N3S. The second kappa shape index (κ2) is 3.60. The molecule has 0 atom stereocenters. The van der Waals surface area contributed by atoms with Gasteiger partial charge in [-0.3, -0.25) is 0 Å². The van der Waals surface area contributed by atoms with E-state index in [0.29, 0.717) is 0 Å². The maximum atomic E-state index is 5.95. The number of nitrogens with zero attached hydrogens (tertiary/aromatic N) is 2. The van der Waals surface area contributed by atoms with Crippen LogP contribution in [0.1, 0.15) is 5.56 Å². The summed E-state index contributed by atoms with van der Waals surface area (Å²) in [6.45, 7) is 2.08. The van der Waals surface area contributed by atoms with E-state index in [4.69, 9.17) is 5.73 Å². The summed E-state index contributed by atoms with van der Waals surface area (Å²) in [5.41, 5.74) is 10.1. The maximum absolute atomic E-state index is 5.95. The van der Waals surface area contributed by atoms with Crippen molar-refractivity contribution < 1.29 is 0 Å². The minimum atomic E-state index is 0.796. The van der Waals surface area contributed by atoms with Crippen molar-refractivity contribution in [3.8, 4) is 10.7 Å². The lowest BCUT2D eigenvalue weighted by Gasteiger charge is -2.00. The molecule has 0 saturated heterocycles. The molecule has 2 N–H and O–H groups in total. The first-order valence-corrected chi connectivity index (χ1v) is 6.31. The van der Waals surface area contributed by atoms with Crippen molar-refractivity contribution in [3.63, 3.8) is 0 Å². The number of imidazole rings is 1. The number of nitrogen functional groups attached to an aromatic ring is 1. The van der Waals surface area contributed by atoms with E-state index in [1.165, 1.54) is 5.56 Å². The highest BCUT2D eigenvalue weighted by Crippen LogP contribution is 2.32. The van der Waals surface area contributed by atoms with Crippen molar-refractivity contribution >= 4 is 28.1 Å². The molecule has 0 saturated carbocycles. The van der Waals surface area contributed by atoms with Crippen molar-refractivity contribution in [1.29, 1.82) is 0 Å². The number of aromatic nitrogens is 2. The molecule has 0 amide bonds. The number of hydrogen-bond acceptors (Lipinski definition) is 3. The van der Waals surface area contributed by atoms with E-state index in [1.54, 1.807) is 11.3 Å². The van der Waals surface area contributed by atoms with Gasteiger partial charge in [-0.25, -0.2) is 4.98 Å². The molecule has 0 radical (unpaired) electrons. The van der Waals surface area contributed by atoms with Crippen LogP contribution in [0, 0.1) is 6.92 Å². The Bertz CT molecular complexity index is 694. The molecule has 3 rings (SSSR count). The summed E-state index contributed by atoms with van der Waals surface area (Å²) in [6.07, 6.45) is 0. The summed E-state index contributed by atoms with van der Waals surface area (Å²) < 4.78 is 2.09. The zero-order valence-corrected chi connectivity index (χ0v) is 10.6. The van der Waals surface area contributed by atoms with Gasteiger partial charge in [-0.05, 0) is 36.1 Å². The minimum absolute atomic E-state index is 0.796. The van der Waals surface area contributed by atoms with E-state index in [1.807, 2.05) is 18.5 Å². The molecule has 0 unspecified atom stereocenters. The smallest absolute Gasteiger partial charge is 0.153 e. The second-order valence-electron chi connectivity index (χ2n) is 4.19. The molecule has 0 aliphatic rings. The van der Waals surface area contributed by atoms with Gasteiger partial charge in [0.25, 0.3) is 0 Å². The molecule has 0 fully saturated rings. The van der Waals surface area contributed by atoms with Crippen LogP contribution in [0.2, 0.25) is 0 Å². The van der Waals surface area contributed by atoms with Crippen molar-refractivity contribution in [1.82, 2.24) is 9.55 Å². The Balaban J connectivity index is 2.31. The Hall–Kier alpha value is -1.81. The average molecular weight is 243 g/mol. The number of nitrogens with two attached hydrogens (primary N) is 1. The van der Waals surface area contributed by atoms with Gasteiger partial charge in [0, 0.05) is 7.05 Å². The van der Waals surface area contributed by atoms with Crippen LogP contribution in [0.25, 0.3) is 21.7 Å². The van der Waals surface area contributed by atoms with E-state index in [0.717, 1.165) is 27.4 Å². The number of thiophene rings is 1. The molecule has 0 bridgehead atoms. The van der Waals surface area contributed by atoms with Gasteiger partial charge in [-0.1, -0.05) is 6.07 Å². The molecular weight excluding hydrogens is 230 g/mol. The number of fused-ring (bicyclic) bond motifs is 1. The summed E-state index contributed by atoms with van der Waals surface area (Å²) in [4.78, 5) is 5.71. The maximum Gasteiger partial charge on any atom is 0.153 e. The molecule has 2 heterocycles. The van der Waals surface area contributed by atoms with Gasteiger partial charge in [0.15, 0.2) is 5.82 Å². The van der Waals surface area contributed by atoms with Crippen LogP contribution in [-0.2, 0) is 7.05 Å². The van der Waals surface area contributed by atoms with Crippen LogP contribution < -0.4 is 5.73 Å². The van der Waals surface area contributed by atoms with Crippen molar-refractivity contribution in [2.75, 3.05) is 5.73 Å². The molecule has 0 aliphatic heterocycles. The Morgan fingerprint density at radius 2 is 2.12 bits per heavy atom. The van der Waals surface area contributed by atoms with E-state index in [9.17, 15) is 0 Å². The number of rotatable bonds is 1. The summed E-state index contributed by atoms with van der Waals surface area (Å²) in [5, 5.41) is 2.00. The van der Waals surface area contributed by atoms with Crippen LogP contribution in [0.4, 0.5) is 5.69 Å². The molecule has 86 valence electrons. The topological polar surface area (TPSA) is 43.8 Å². The first kappa shape index (κ1) is 10.4. The molecule has 0 spiro atoms. The number of aryl methyl sites for hydroxylation is 2. The highest BCUT2D eigenvalue weighted by molar-refractivity contribution is 7.14. The lowest BCUT2D eigenvalue weighted by molar-refractivity contribution is 0.963. The predicted molar refractivity (Wildman–Crippen MR) is 73.2 cm³/mol. The third kappa shape index (κ3) is 1.52. The predicted octanol–water partition coefficient (Wildman–Crippen LogP) is 3.19. The van der Waals surface area contributed by atoms with Gasteiger partial charge in [0.2, 0.25) is 0 Å². The second-order valence-corrected chi connectivity index (χ2v) is 5.11. The van der Waals surface area contributed by atoms with Crippen LogP contribution >= 0.6 is 11.3 Å². The average Bonchev–Trinajstić information content (AvgIpc) is 2.83. The molecule has 3 nitrogen and oxygen atoms in total. The SMILES string of the molecule is Cc1ccc2c(c1)nc(-c1sccc1N)n2C. The van der Waals surface area contributed by atoms with Crippen molar-refractivity contribution in [2.45, 2.75) is 6.92 Å². The highest BCUT2D eigenvalue weighted by Gasteiger charge is 2.13. The summed E-state index contributed by atoms with van der Waals surface area (Å²) in [6, 6.07) is 8.23. The molecule has 0 aliphatic carbocycles. The van der Waals surface area contributed by atoms with E-state index < -0.39 is 0 Å². The van der Waals surface area contributed by atoms with Crippen LogP contribution in [0.5, 0.6) is 0 Å². The van der Waals surface area contributed by atoms with Crippen LogP contribution in [0.3, 0.4) is 0 Å². The standard InChI is InChI=1S/C13H13N3S/c1-8-3-4-11-10(7-8)15-13(16(11)2)12-9(14)5-6-17-12/h3-7H,14H2,1-2H3. The molecule has 17 heavy (non-hydrogen) atoms. The lowest BCUT2D eigenvalue weighted by atomic mass is 10.2. The third-order valence-electron chi connectivity index (χ3n) is 2.94. The van der Waals surface area contributed by atoms with E-state index in [-0.39, 0.29) is 0 Å². The minimum Gasteiger partial charge on any atom is -0.397 e. The largest absolute Gasteiger partial charge is 0.397 e. The molecule has 4 heteroatoms. The molecule has 1 aromatic carbocycles. The molecule has 3 aromatic rings. The molecule has 2 aromatic heterocycles. The van der Waals surface area contributed by atoms with Gasteiger partial charge in [-0.15, -0.1) is 11.3 Å². The monoisotopic (exact) mass is 243 g/mol. The summed E-state index contributed by atoms with van der Waals surface area (Å²) in [5.74, 6) is 0.943. The lowest BCUT2D eigenvalue weighted by Crippen LogP contribution is -1.93. The van der Waals surface area contributed by atoms with Gasteiger partial charge < -0.3 is 10.3 Å². The Morgan fingerprint density at radius 1 is 1.29 bits per heavy atom. The number of anilines is 1. The zero-order chi connectivity index (χ0) is 12.0. The third-order valence-corrected chi connectivity index (χ3v) is 3.86. The van der Waals surface area contributed by atoms with Crippen molar-refractivity contribution in [2.24, 2.45) is 7.05 Å². The summed E-state index contributed by atoms with van der Waals surface area (Å²) in [7, 11) is 2.03. The van der Waals surface area contributed by atoms with Crippen molar-refractivity contribution in [3.05, 3.63) is 35.2 Å². The number of hydrogen-bond donors (Lipinski definition) is 1. The Labute approximate surface area is 104 Å². The van der Waals surface area contributed by atoms with E-state index in [2.05, 4.69) is 34.7 Å². The Morgan fingerprint density at radius 3 is 2.82 bits per heavy atom. The fraction of sp³-hybridized carbons (Fsp3) is 0.154. The fourth-order valence-electron chi connectivity index (χ4n) is 2.01. The quantitative estimate of drug-likeness (QED) is 0.713. The van der Waals surface area contributed by atoms with E-state index >= 15 is 0 Å². The Kier molecular flexibility index (Phi) is 2.19. The summed E-state index contributed by atoms with van der Waals surface area (Å²) >= 11 is 1.63. The van der Waals surface area contributed by atoms with Crippen LogP contribution in [0.15, 0.2) is 29.6 Å². The highest BCUT2D eigenvalue weighted by atomic mass is 32.1. The van der Waals surface area contributed by atoms with Gasteiger partial charge in [0.1, 0.15) is 0 Å². The first-order chi connectivity index (χ1) is 8.16. The fourth-order valence-corrected chi connectivity index (χ4v) is 2.86. The normalized spacial score (nSPS) is 11.2. The van der Waals surface area contributed by atoms with Crippen LogP contribution in [-0.4, -0.2) is 9.55 Å². The number of benzene rings is 1. The van der Waals surface area contributed by atoms with Gasteiger partial charge in [-0.2, -0.15) is 0 Å². The van der Waals surface area contributed by atoms with Gasteiger partial charge in [0.05, 0.1) is 21.6 Å². The zero-order valence-electron chi connectivity index (χ0n) is 9.77.